The Morgan fingerprint density at radius 3 is 1.89 bits per heavy atom. The van der Waals surface area contributed by atoms with Crippen molar-refractivity contribution >= 4 is 5.97 Å². The van der Waals surface area contributed by atoms with Gasteiger partial charge in [0.25, 0.3) is 0 Å². The lowest BCUT2D eigenvalue weighted by Gasteiger charge is -2.35. The average molecular weight is 509 g/mol. The molecule has 0 bridgehead atoms. The SMILES string of the molecule is COc1c(O)cc2c(c1OC)-c1c(cc(O)c(OC)c1OC)[C@H](OC(=O)c1ccccc1)[C@@H](C)[C@@H](C)C2. The first-order valence-electron chi connectivity index (χ1n) is 12.0. The van der Waals surface area contributed by atoms with Crippen LogP contribution >= 0.6 is 0 Å². The number of fused-ring (bicyclic) bond motifs is 3. The molecule has 196 valence electrons. The Balaban J connectivity index is 2.08. The first-order chi connectivity index (χ1) is 17.8. The number of phenolic OH excluding ortho intramolecular Hbond substituents is 2. The largest absolute Gasteiger partial charge is 0.504 e. The van der Waals surface area contributed by atoms with Crippen molar-refractivity contribution in [1.82, 2.24) is 0 Å². The van der Waals surface area contributed by atoms with Crippen LogP contribution in [-0.4, -0.2) is 44.6 Å². The highest BCUT2D eigenvalue weighted by Gasteiger charge is 2.39. The molecule has 3 aromatic rings. The maximum Gasteiger partial charge on any atom is 0.338 e. The summed E-state index contributed by atoms with van der Waals surface area (Å²) in [7, 11) is 5.83. The van der Waals surface area contributed by atoms with Crippen LogP contribution in [0.5, 0.6) is 34.5 Å². The Bertz CT molecular complexity index is 1300. The molecule has 2 N–H and O–H groups in total. The molecule has 0 aliphatic heterocycles. The van der Waals surface area contributed by atoms with Gasteiger partial charge in [-0.05, 0) is 42.2 Å². The summed E-state index contributed by atoms with van der Waals surface area (Å²) in [6.07, 6.45) is -0.212. The van der Waals surface area contributed by atoms with E-state index in [9.17, 15) is 15.0 Å². The quantitative estimate of drug-likeness (QED) is 0.419. The minimum Gasteiger partial charge on any atom is -0.504 e. The number of rotatable bonds is 6. The van der Waals surface area contributed by atoms with E-state index < -0.39 is 12.1 Å². The van der Waals surface area contributed by atoms with Crippen LogP contribution in [0.25, 0.3) is 11.1 Å². The molecular formula is C29H32O8. The van der Waals surface area contributed by atoms with Crippen LogP contribution in [0.15, 0.2) is 42.5 Å². The van der Waals surface area contributed by atoms with E-state index in [1.165, 1.54) is 34.5 Å². The molecule has 0 fully saturated rings. The van der Waals surface area contributed by atoms with Gasteiger partial charge < -0.3 is 33.9 Å². The second-order valence-electron chi connectivity index (χ2n) is 9.16. The normalized spacial score (nSPS) is 18.5. The van der Waals surface area contributed by atoms with E-state index in [1.807, 2.05) is 13.0 Å². The van der Waals surface area contributed by atoms with Crippen molar-refractivity contribution < 1.29 is 38.7 Å². The number of benzene rings is 3. The van der Waals surface area contributed by atoms with Crippen LogP contribution in [0.1, 0.15) is 41.4 Å². The lowest BCUT2D eigenvalue weighted by molar-refractivity contribution is 0.00697. The number of aromatic hydroxyl groups is 2. The molecule has 0 heterocycles. The molecule has 4 rings (SSSR count). The number of methoxy groups -OCH3 is 4. The highest BCUT2D eigenvalue weighted by Crippen LogP contribution is 2.57. The summed E-state index contributed by atoms with van der Waals surface area (Å²) in [5, 5.41) is 21.7. The molecule has 0 aromatic heterocycles. The third kappa shape index (κ3) is 4.48. The number of hydrogen-bond donors (Lipinski definition) is 2. The molecule has 0 spiro atoms. The number of ether oxygens (including phenoxy) is 5. The van der Waals surface area contributed by atoms with Gasteiger partial charge in [-0.2, -0.15) is 0 Å². The molecule has 37 heavy (non-hydrogen) atoms. The van der Waals surface area contributed by atoms with Gasteiger partial charge in [0.05, 0.1) is 34.0 Å². The fraction of sp³-hybridized carbons (Fsp3) is 0.345. The Hall–Kier alpha value is -4.07. The zero-order chi connectivity index (χ0) is 26.9. The number of hydrogen-bond acceptors (Lipinski definition) is 8. The number of carbonyl (C=O) groups is 1. The van der Waals surface area contributed by atoms with Crippen LogP contribution < -0.4 is 18.9 Å². The van der Waals surface area contributed by atoms with Gasteiger partial charge in [0.1, 0.15) is 6.10 Å². The van der Waals surface area contributed by atoms with Crippen molar-refractivity contribution in [3.63, 3.8) is 0 Å². The van der Waals surface area contributed by atoms with Crippen molar-refractivity contribution in [2.75, 3.05) is 28.4 Å². The summed E-state index contributed by atoms with van der Waals surface area (Å²) in [6, 6.07) is 11.9. The number of phenols is 2. The van der Waals surface area contributed by atoms with Gasteiger partial charge in [-0.1, -0.05) is 32.0 Å². The van der Waals surface area contributed by atoms with Gasteiger partial charge in [0, 0.05) is 22.6 Å². The van der Waals surface area contributed by atoms with Gasteiger partial charge in [-0.3, -0.25) is 0 Å². The molecule has 1 aliphatic rings. The van der Waals surface area contributed by atoms with Crippen LogP contribution in [0.3, 0.4) is 0 Å². The maximum absolute atomic E-state index is 13.2. The van der Waals surface area contributed by atoms with Crippen molar-refractivity contribution in [2.24, 2.45) is 11.8 Å². The predicted molar refractivity (Wildman–Crippen MR) is 138 cm³/mol. The number of carbonyl (C=O) groups excluding carboxylic acids is 1. The molecular weight excluding hydrogens is 476 g/mol. The summed E-state index contributed by atoms with van der Waals surface area (Å²) in [5.74, 6) is -0.0630. The van der Waals surface area contributed by atoms with Gasteiger partial charge >= 0.3 is 5.97 Å². The molecule has 3 aromatic carbocycles. The summed E-state index contributed by atoms with van der Waals surface area (Å²) < 4.78 is 28.7. The number of esters is 1. The van der Waals surface area contributed by atoms with E-state index in [2.05, 4.69) is 6.92 Å². The Morgan fingerprint density at radius 2 is 1.32 bits per heavy atom. The topological polar surface area (TPSA) is 104 Å². The fourth-order valence-electron chi connectivity index (χ4n) is 5.07. The summed E-state index contributed by atoms with van der Waals surface area (Å²) in [6.45, 7) is 4.05. The standard InChI is InChI=1S/C29H32O8/c1-15-12-18-13-20(30)25(33-3)27(35-5)22(18)23-19(14-21(31)26(34-4)28(23)36-6)24(16(15)2)37-29(32)17-10-8-7-9-11-17/h7-11,13-16,24,30-31H,12H2,1-6H3/t15-,16-,24+/m0/s1. The van der Waals surface area contributed by atoms with Gasteiger partial charge in [-0.25, -0.2) is 4.79 Å². The van der Waals surface area contributed by atoms with Crippen molar-refractivity contribution in [1.29, 1.82) is 0 Å². The van der Waals surface area contributed by atoms with Gasteiger partial charge in [0.2, 0.25) is 11.5 Å². The monoisotopic (exact) mass is 508 g/mol. The molecule has 0 amide bonds. The van der Waals surface area contributed by atoms with E-state index >= 15 is 0 Å². The maximum atomic E-state index is 13.2. The molecule has 8 nitrogen and oxygen atoms in total. The van der Waals surface area contributed by atoms with Crippen LogP contribution in [-0.2, 0) is 11.2 Å². The van der Waals surface area contributed by atoms with Crippen LogP contribution in [0, 0.1) is 11.8 Å². The van der Waals surface area contributed by atoms with Gasteiger partial charge in [-0.15, -0.1) is 0 Å². The Morgan fingerprint density at radius 1 is 0.784 bits per heavy atom. The van der Waals surface area contributed by atoms with E-state index in [4.69, 9.17) is 23.7 Å². The zero-order valence-electron chi connectivity index (χ0n) is 21.8. The van der Waals surface area contributed by atoms with Crippen LogP contribution in [0.2, 0.25) is 0 Å². The summed E-state index contributed by atoms with van der Waals surface area (Å²) >= 11 is 0. The second-order valence-corrected chi connectivity index (χ2v) is 9.16. The van der Waals surface area contributed by atoms with Gasteiger partial charge in [0.15, 0.2) is 23.0 Å². The average Bonchev–Trinajstić information content (AvgIpc) is 2.90. The van der Waals surface area contributed by atoms with Crippen LogP contribution in [0.4, 0.5) is 0 Å². The molecule has 0 saturated heterocycles. The van der Waals surface area contributed by atoms with Crippen molar-refractivity contribution in [2.45, 2.75) is 26.4 Å². The molecule has 8 heteroatoms. The van der Waals surface area contributed by atoms with Crippen molar-refractivity contribution in [3.05, 3.63) is 59.2 Å². The third-order valence-electron chi connectivity index (χ3n) is 7.08. The van der Waals surface area contributed by atoms with E-state index in [0.717, 1.165) is 5.56 Å². The molecule has 0 radical (unpaired) electrons. The summed E-state index contributed by atoms with van der Waals surface area (Å²) in [5.41, 5.74) is 2.84. The molecule has 0 unspecified atom stereocenters. The van der Waals surface area contributed by atoms with E-state index in [-0.39, 0.29) is 40.6 Å². The molecule has 3 atom stereocenters. The zero-order valence-corrected chi connectivity index (χ0v) is 21.8. The molecule has 0 saturated carbocycles. The van der Waals surface area contributed by atoms with E-state index in [1.54, 1.807) is 30.3 Å². The second kappa shape index (κ2) is 10.5. The summed E-state index contributed by atoms with van der Waals surface area (Å²) in [4.78, 5) is 13.2. The third-order valence-corrected chi connectivity index (χ3v) is 7.08. The lowest BCUT2D eigenvalue weighted by atomic mass is 9.75. The smallest absolute Gasteiger partial charge is 0.338 e. The minimum absolute atomic E-state index is 0.00761. The highest BCUT2D eigenvalue weighted by atomic mass is 16.5. The fourth-order valence-corrected chi connectivity index (χ4v) is 5.07. The molecule has 1 aliphatic carbocycles. The van der Waals surface area contributed by atoms with E-state index in [0.29, 0.717) is 34.4 Å². The Labute approximate surface area is 216 Å². The lowest BCUT2D eigenvalue weighted by Crippen LogP contribution is -2.26. The predicted octanol–water partition coefficient (Wildman–Crippen LogP) is 5.53. The first-order valence-corrected chi connectivity index (χ1v) is 12.0. The highest BCUT2D eigenvalue weighted by molar-refractivity contribution is 5.91. The van der Waals surface area contributed by atoms with Crippen molar-refractivity contribution in [3.8, 4) is 45.6 Å². The minimum atomic E-state index is -0.749. The first kappa shape index (κ1) is 26.0. The Kier molecular flexibility index (Phi) is 7.38.